The molecule has 1 rings (SSSR count). The largest absolute Gasteiger partial charge is 2.00 e. The van der Waals surface area contributed by atoms with Crippen LogP contribution in [-0.4, -0.2) is 29.7 Å². The van der Waals surface area contributed by atoms with Crippen LogP contribution in [0.15, 0.2) is 36.9 Å². The van der Waals surface area contributed by atoms with Crippen LogP contribution in [0.3, 0.4) is 0 Å². The van der Waals surface area contributed by atoms with E-state index in [4.69, 9.17) is 4.74 Å². The first kappa shape index (κ1) is 15.5. The van der Waals surface area contributed by atoms with Crippen molar-refractivity contribution >= 4 is 23.1 Å². The molecule has 0 amide bonds. The van der Waals surface area contributed by atoms with E-state index >= 15 is 0 Å². The fraction of sp³-hybridized carbons (Fsp3) is 0.200. The Bertz CT molecular complexity index is 213. The van der Waals surface area contributed by atoms with Crippen molar-refractivity contribution in [3.63, 3.8) is 0 Å². The van der Waals surface area contributed by atoms with E-state index in [9.17, 15) is 0 Å². The quantitative estimate of drug-likeness (QED) is 0.291. The molecule has 1 nitrogen and oxygen atoms in total. The molecule has 0 atom stereocenters. The van der Waals surface area contributed by atoms with E-state index in [1.165, 1.54) is 0 Å². The Morgan fingerprint density at radius 1 is 1.46 bits per heavy atom. The van der Waals surface area contributed by atoms with E-state index < -0.39 is 0 Å². The third kappa shape index (κ3) is 7.11. The predicted octanol–water partition coefficient (Wildman–Crippen LogP) is -0.935. The summed E-state index contributed by atoms with van der Waals surface area (Å²) >= 11 is 0. The molecule has 1 aromatic rings. The molecule has 3 heteroatoms. The van der Waals surface area contributed by atoms with Crippen LogP contribution in [0.25, 0.3) is 0 Å². The van der Waals surface area contributed by atoms with Crippen LogP contribution in [0, 0.1) is 6.07 Å². The summed E-state index contributed by atoms with van der Waals surface area (Å²) in [5, 5.41) is 0. The van der Waals surface area contributed by atoms with Crippen molar-refractivity contribution in [3.05, 3.63) is 43.0 Å². The van der Waals surface area contributed by atoms with Gasteiger partial charge >= 0.3 is 23.1 Å². The molecule has 0 saturated carbocycles. The minimum Gasteiger partial charge on any atom is -1.00 e. The predicted molar refractivity (Wildman–Crippen MR) is 51.3 cm³/mol. The summed E-state index contributed by atoms with van der Waals surface area (Å²) < 4.78 is 5.32. The standard InChI is InChI=1S/C10H11O.BrH.Mg/c1-2-3-9-11-10-7-5-4-6-8-10;;/h2,4-7H,1,3,9H2;1H;/q-1;;+2/p-1. The maximum atomic E-state index is 5.32. The van der Waals surface area contributed by atoms with Crippen LogP contribution in [0.4, 0.5) is 0 Å². The molecule has 0 aliphatic heterocycles. The van der Waals surface area contributed by atoms with E-state index in [0.29, 0.717) is 6.61 Å². The number of halogens is 1. The Morgan fingerprint density at radius 3 is 2.77 bits per heavy atom. The summed E-state index contributed by atoms with van der Waals surface area (Å²) in [5.74, 6) is 0.800. The minimum absolute atomic E-state index is 0. The third-order valence-corrected chi connectivity index (χ3v) is 1.26. The van der Waals surface area contributed by atoms with Gasteiger partial charge in [-0.3, -0.25) is 0 Å². The molecule has 0 radical (unpaired) electrons. The SMILES string of the molecule is C=CCCOc1[c-]cccc1.[Br-].[Mg+2]. The van der Waals surface area contributed by atoms with Gasteiger partial charge in [-0.2, -0.15) is 18.2 Å². The van der Waals surface area contributed by atoms with Gasteiger partial charge in [-0.1, -0.05) is 6.08 Å². The molecule has 0 aliphatic carbocycles. The molecule has 0 fully saturated rings. The van der Waals surface area contributed by atoms with E-state index in [1.54, 1.807) is 0 Å². The third-order valence-electron chi connectivity index (χ3n) is 1.26. The summed E-state index contributed by atoms with van der Waals surface area (Å²) in [6.07, 6.45) is 2.71. The van der Waals surface area contributed by atoms with Gasteiger partial charge in [0.1, 0.15) is 0 Å². The maximum Gasteiger partial charge on any atom is 2.00 e. The van der Waals surface area contributed by atoms with Crippen LogP contribution >= 0.6 is 0 Å². The van der Waals surface area contributed by atoms with E-state index in [0.717, 1.165) is 12.2 Å². The van der Waals surface area contributed by atoms with Gasteiger partial charge in [0.15, 0.2) is 0 Å². The summed E-state index contributed by atoms with van der Waals surface area (Å²) in [4.78, 5) is 0. The van der Waals surface area contributed by atoms with Gasteiger partial charge < -0.3 is 21.7 Å². The maximum absolute atomic E-state index is 5.32. The Balaban J connectivity index is 0. The summed E-state index contributed by atoms with van der Waals surface area (Å²) in [6.45, 7) is 4.29. The van der Waals surface area contributed by atoms with Crippen molar-refractivity contribution in [3.8, 4) is 5.75 Å². The van der Waals surface area contributed by atoms with E-state index in [1.807, 2.05) is 30.3 Å². The normalized spacial score (nSPS) is 7.69. The number of hydrogen-bond acceptors (Lipinski definition) is 1. The molecule has 1 aromatic carbocycles. The second-order valence-electron chi connectivity index (χ2n) is 2.15. The molecule has 0 spiro atoms. The van der Waals surface area contributed by atoms with Crippen molar-refractivity contribution in [2.45, 2.75) is 6.42 Å². The molecule has 0 bridgehead atoms. The summed E-state index contributed by atoms with van der Waals surface area (Å²) in [5.41, 5.74) is 0. The Hall–Kier alpha value is 0.00623. The van der Waals surface area contributed by atoms with Crippen LogP contribution in [0.1, 0.15) is 6.42 Å². The average molecular weight is 251 g/mol. The van der Waals surface area contributed by atoms with Crippen molar-refractivity contribution in [2.24, 2.45) is 0 Å². The Kier molecular flexibility index (Phi) is 12.0. The Morgan fingerprint density at radius 2 is 2.23 bits per heavy atom. The van der Waals surface area contributed by atoms with Crippen molar-refractivity contribution < 1.29 is 21.7 Å². The molecule has 0 saturated heterocycles. The van der Waals surface area contributed by atoms with Crippen LogP contribution in [0.2, 0.25) is 0 Å². The fourth-order valence-corrected chi connectivity index (χ4v) is 0.719. The van der Waals surface area contributed by atoms with Gasteiger partial charge in [-0.25, -0.2) is 0 Å². The van der Waals surface area contributed by atoms with Gasteiger partial charge in [0.25, 0.3) is 0 Å². The van der Waals surface area contributed by atoms with E-state index in [2.05, 4.69) is 12.6 Å². The second-order valence-corrected chi connectivity index (χ2v) is 2.15. The molecule has 0 heterocycles. The second kappa shape index (κ2) is 10.1. The zero-order chi connectivity index (χ0) is 7.94. The van der Waals surface area contributed by atoms with Crippen molar-refractivity contribution in [1.82, 2.24) is 0 Å². The summed E-state index contributed by atoms with van der Waals surface area (Å²) in [6, 6.07) is 10.5. The smallest absolute Gasteiger partial charge is 1.00 e. The molecule has 0 aliphatic rings. The molecule has 0 N–H and O–H groups in total. The van der Waals surface area contributed by atoms with Crippen molar-refractivity contribution in [2.75, 3.05) is 6.61 Å². The van der Waals surface area contributed by atoms with E-state index in [-0.39, 0.29) is 40.0 Å². The van der Waals surface area contributed by atoms with Gasteiger partial charge in [0, 0.05) is 5.75 Å². The first-order chi connectivity index (χ1) is 5.43. The molecule has 66 valence electrons. The zero-order valence-electron chi connectivity index (χ0n) is 7.50. The molecule has 0 unspecified atom stereocenters. The molecule has 0 aromatic heterocycles. The number of benzene rings is 1. The number of ether oxygens (including phenoxy) is 1. The first-order valence-electron chi connectivity index (χ1n) is 3.64. The number of rotatable bonds is 4. The topological polar surface area (TPSA) is 9.23 Å². The average Bonchev–Trinajstić information content (AvgIpc) is 2.07. The van der Waals surface area contributed by atoms with Gasteiger partial charge in [0.05, 0.1) is 6.61 Å². The molecular formula is C10H11BrMgO. The van der Waals surface area contributed by atoms with Crippen LogP contribution in [0.5, 0.6) is 5.75 Å². The van der Waals surface area contributed by atoms with Crippen molar-refractivity contribution in [1.29, 1.82) is 0 Å². The molecular weight excluding hydrogens is 240 g/mol. The van der Waals surface area contributed by atoms with Gasteiger partial charge in [0.2, 0.25) is 0 Å². The Labute approximate surface area is 106 Å². The fourth-order valence-electron chi connectivity index (χ4n) is 0.719. The minimum atomic E-state index is 0. The number of hydrogen-bond donors (Lipinski definition) is 0. The van der Waals surface area contributed by atoms with Gasteiger partial charge in [-0.05, 0) is 6.42 Å². The first-order valence-corrected chi connectivity index (χ1v) is 3.64. The summed E-state index contributed by atoms with van der Waals surface area (Å²) in [7, 11) is 0. The molecule has 13 heavy (non-hydrogen) atoms. The van der Waals surface area contributed by atoms with Gasteiger partial charge in [-0.15, -0.1) is 18.7 Å². The zero-order valence-corrected chi connectivity index (χ0v) is 10.5. The number of para-hydroxylation sites is 1. The van der Waals surface area contributed by atoms with Crippen LogP contribution < -0.4 is 21.7 Å². The monoisotopic (exact) mass is 250 g/mol. The van der Waals surface area contributed by atoms with Crippen LogP contribution in [-0.2, 0) is 0 Å².